The zero-order valence-electron chi connectivity index (χ0n) is 14.8. The van der Waals surface area contributed by atoms with E-state index in [0.29, 0.717) is 24.9 Å². The average Bonchev–Trinajstić information content (AvgIpc) is 3.18. The van der Waals surface area contributed by atoms with Gasteiger partial charge in [0.15, 0.2) is 0 Å². The van der Waals surface area contributed by atoms with Crippen molar-refractivity contribution in [1.82, 2.24) is 14.7 Å². The third-order valence-corrected chi connectivity index (χ3v) is 5.13. The number of rotatable bonds is 4. The Balaban J connectivity index is 1.50. The fraction of sp³-hybridized carbons (Fsp3) is 0.286. The van der Waals surface area contributed by atoms with E-state index in [0.717, 1.165) is 23.9 Å². The quantitative estimate of drug-likeness (QED) is 0.713. The van der Waals surface area contributed by atoms with Gasteiger partial charge in [0.1, 0.15) is 5.82 Å². The molecule has 2 heterocycles. The summed E-state index contributed by atoms with van der Waals surface area (Å²) in [6.45, 7) is 1.12. The van der Waals surface area contributed by atoms with E-state index in [-0.39, 0.29) is 23.2 Å². The maximum Gasteiger partial charge on any atom is 0.224 e. The monoisotopic (exact) mass is 365 g/mol. The molecule has 0 saturated carbocycles. The fourth-order valence-electron chi connectivity index (χ4n) is 3.78. The number of hydrogen-bond donors (Lipinski definition) is 0. The molecule has 1 saturated heterocycles. The molecule has 1 aliphatic rings. The van der Waals surface area contributed by atoms with Crippen molar-refractivity contribution in [2.75, 3.05) is 6.54 Å². The molecule has 2 aromatic carbocycles. The highest BCUT2D eigenvalue weighted by molar-refractivity contribution is 5.79. The summed E-state index contributed by atoms with van der Waals surface area (Å²) in [6, 6.07) is 13.7. The molecule has 4 rings (SSSR count). The van der Waals surface area contributed by atoms with E-state index in [2.05, 4.69) is 5.10 Å². The van der Waals surface area contributed by atoms with Crippen LogP contribution in [0.5, 0.6) is 0 Å². The Kier molecular flexibility index (Phi) is 4.71. The van der Waals surface area contributed by atoms with Gasteiger partial charge in [0.2, 0.25) is 11.3 Å². The van der Waals surface area contributed by atoms with Crippen molar-refractivity contribution >= 4 is 16.8 Å². The summed E-state index contributed by atoms with van der Waals surface area (Å²) in [5.41, 5.74) is 1.58. The van der Waals surface area contributed by atoms with Gasteiger partial charge in [-0.25, -0.2) is 4.39 Å². The van der Waals surface area contributed by atoms with Crippen molar-refractivity contribution in [3.63, 3.8) is 0 Å². The Bertz CT molecular complexity index is 1030. The number of para-hydroxylation sites is 1. The summed E-state index contributed by atoms with van der Waals surface area (Å²) < 4.78 is 14.9. The van der Waals surface area contributed by atoms with Gasteiger partial charge in [0.25, 0.3) is 0 Å². The molecule has 1 aliphatic heterocycles. The molecule has 1 atom stereocenters. The molecule has 0 N–H and O–H groups in total. The van der Waals surface area contributed by atoms with E-state index in [1.807, 2.05) is 23.1 Å². The van der Waals surface area contributed by atoms with Crippen molar-refractivity contribution in [2.45, 2.75) is 31.8 Å². The molecule has 6 heteroatoms. The molecule has 138 valence electrons. The van der Waals surface area contributed by atoms with Crippen molar-refractivity contribution in [1.29, 1.82) is 0 Å². The number of fused-ring (bicyclic) bond motifs is 1. The predicted octanol–water partition coefficient (Wildman–Crippen LogP) is 3.29. The van der Waals surface area contributed by atoms with Gasteiger partial charge in [-0.1, -0.05) is 24.3 Å². The molecule has 1 fully saturated rings. The first-order valence-electron chi connectivity index (χ1n) is 9.13. The number of hydrogen-bond acceptors (Lipinski definition) is 3. The summed E-state index contributed by atoms with van der Waals surface area (Å²) in [4.78, 5) is 26.6. The molecule has 0 bridgehead atoms. The molecule has 5 nitrogen and oxygen atoms in total. The number of halogens is 1. The summed E-state index contributed by atoms with van der Waals surface area (Å²) in [5.74, 6) is -0.225. The van der Waals surface area contributed by atoms with Crippen LogP contribution in [-0.2, 0) is 11.3 Å². The van der Waals surface area contributed by atoms with E-state index in [1.165, 1.54) is 18.3 Å². The van der Waals surface area contributed by atoms with Gasteiger partial charge in [-0.05, 0) is 42.7 Å². The zero-order chi connectivity index (χ0) is 18.8. The molecular weight excluding hydrogens is 345 g/mol. The average molecular weight is 365 g/mol. The zero-order valence-corrected chi connectivity index (χ0v) is 14.8. The number of likely N-dealkylation sites (tertiary alicyclic amines) is 1. The van der Waals surface area contributed by atoms with Gasteiger partial charge in [-0.2, -0.15) is 5.10 Å². The fourth-order valence-corrected chi connectivity index (χ4v) is 3.78. The second kappa shape index (κ2) is 7.31. The highest BCUT2D eigenvalue weighted by atomic mass is 19.1. The summed E-state index contributed by atoms with van der Waals surface area (Å²) in [5, 5.41) is 4.79. The van der Waals surface area contributed by atoms with Gasteiger partial charge >= 0.3 is 0 Å². The van der Waals surface area contributed by atoms with Crippen molar-refractivity contribution < 1.29 is 9.18 Å². The van der Waals surface area contributed by atoms with Gasteiger partial charge < -0.3 is 4.90 Å². The first kappa shape index (κ1) is 17.4. The Morgan fingerprint density at radius 1 is 1.15 bits per heavy atom. The number of carbonyl (C=O) groups is 1. The van der Waals surface area contributed by atoms with Crippen LogP contribution in [0.3, 0.4) is 0 Å². The third kappa shape index (κ3) is 3.47. The van der Waals surface area contributed by atoms with Crippen LogP contribution in [0.1, 0.15) is 30.9 Å². The maximum atomic E-state index is 13.2. The van der Waals surface area contributed by atoms with Gasteiger partial charge in [0.05, 0.1) is 24.3 Å². The van der Waals surface area contributed by atoms with Crippen LogP contribution in [0.25, 0.3) is 10.9 Å². The second-order valence-electron chi connectivity index (χ2n) is 6.80. The van der Waals surface area contributed by atoms with E-state index in [9.17, 15) is 14.0 Å². The predicted molar refractivity (Wildman–Crippen MR) is 101 cm³/mol. The van der Waals surface area contributed by atoms with E-state index in [1.54, 1.807) is 22.9 Å². The molecule has 3 aromatic rings. The second-order valence-corrected chi connectivity index (χ2v) is 6.80. The molecule has 27 heavy (non-hydrogen) atoms. The minimum atomic E-state index is -0.272. The summed E-state index contributed by atoms with van der Waals surface area (Å²) >= 11 is 0. The van der Waals surface area contributed by atoms with Crippen LogP contribution in [0.4, 0.5) is 4.39 Å². The Morgan fingerprint density at radius 3 is 2.74 bits per heavy atom. The number of aryl methyl sites for hydroxylation is 1. The minimum Gasteiger partial charge on any atom is -0.336 e. The molecule has 0 unspecified atom stereocenters. The first-order valence-corrected chi connectivity index (χ1v) is 9.13. The lowest BCUT2D eigenvalue weighted by Gasteiger charge is -2.25. The van der Waals surface area contributed by atoms with E-state index in [4.69, 9.17) is 0 Å². The lowest BCUT2D eigenvalue weighted by Crippen LogP contribution is -2.31. The lowest BCUT2D eigenvalue weighted by atomic mass is 10.0. The normalized spacial score (nSPS) is 16.8. The Hall–Kier alpha value is -3.02. The van der Waals surface area contributed by atoms with Gasteiger partial charge in [0, 0.05) is 18.4 Å². The van der Waals surface area contributed by atoms with Crippen LogP contribution >= 0.6 is 0 Å². The first-order chi connectivity index (χ1) is 13.1. The van der Waals surface area contributed by atoms with Crippen molar-refractivity contribution in [3.05, 3.63) is 76.3 Å². The number of amides is 1. The van der Waals surface area contributed by atoms with Crippen molar-refractivity contribution in [3.8, 4) is 0 Å². The molecule has 1 amide bonds. The molecule has 0 spiro atoms. The number of benzene rings is 2. The van der Waals surface area contributed by atoms with Crippen LogP contribution in [0, 0.1) is 5.82 Å². The van der Waals surface area contributed by atoms with Crippen LogP contribution < -0.4 is 5.43 Å². The highest BCUT2D eigenvalue weighted by Gasteiger charge is 2.29. The molecular formula is C21H20FN3O2. The standard InChI is InChI=1S/C21H20FN3O2/c22-16-9-7-15(8-10-16)18-6-3-12-24(18)21(27)11-13-25-19-5-2-1-4-17(19)20(26)14-23-25/h1-2,4-5,7-10,14,18H,3,6,11-13H2/t18-/m1/s1. The smallest absolute Gasteiger partial charge is 0.224 e. The van der Waals surface area contributed by atoms with E-state index < -0.39 is 0 Å². The Morgan fingerprint density at radius 2 is 1.93 bits per heavy atom. The van der Waals surface area contributed by atoms with E-state index >= 15 is 0 Å². The van der Waals surface area contributed by atoms with Crippen LogP contribution in [0.15, 0.2) is 59.5 Å². The van der Waals surface area contributed by atoms with Gasteiger partial charge in [-0.15, -0.1) is 0 Å². The Labute approximate surface area is 156 Å². The maximum absolute atomic E-state index is 13.2. The van der Waals surface area contributed by atoms with Crippen LogP contribution in [0.2, 0.25) is 0 Å². The van der Waals surface area contributed by atoms with Crippen LogP contribution in [-0.4, -0.2) is 27.1 Å². The molecule has 1 aromatic heterocycles. The molecule has 0 aliphatic carbocycles. The minimum absolute atomic E-state index is 0.00294. The number of nitrogens with zero attached hydrogens (tertiary/aromatic N) is 3. The van der Waals surface area contributed by atoms with Crippen molar-refractivity contribution in [2.24, 2.45) is 0 Å². The largest absolute Gasteiger partial charge is 0.336 e. The molecule has 0 radical (unpaired) electrons. The number of carbonyl (C=O) groups excluding carboxylic acids is 1. The lowest BCUT2D eigenvalue weighted by molar-refractivity contribution is -0.132. The highest BCUT2D eigenvalue weighted by Crippen LogP contribution is 2.32. The topological polar surface area (TPSA) is 55.2 Å². The summed E-state index contributed by atoms with van der Waals surface area (Å²) in [6.07, 6.45) is 3.42. The number of aromatic nitrogens is 2. The SMILES string of the molecule is O=C(CCn1ncc(=O)c2ccccc21)N1CCC[C@@H]1c1ccc(F)cc1. The third-order valence-electron chi connectivity index (χ3n) is 5.13. The van der Waals surface area contributed by atoms with Gasteiger partial charge in [-0.3, -0.25) is 14.3 Å². The summed E-state index contributed by atoms with van der Waals surface area (Å²) in [7, 11) is 0.